The second kappa shape index (κ2) is 3.53. The number of hydrogen-bond acceptors (Lipinski definition) is 2. The van der Waals surface area contributed by atoms with Crippen LogP contribution >= 0.6 is 0 Å². The Kier molecular flexibility index (Phi) is 2.63. The maximum absolute atomic E-state index is 12.7. The Morgan fingerprint density at radius 1 is 1.31 bits per heavy atom. The van der Waals surface area contributed by atoms with Gasteiger partial charge < -0.3 is 11.5 Å². The Morgan fingerprint density at radius 3 is 2.38 bits per heavy atom. The van der Waals surface area contributed by atoms with Gasteiger partial charge in [0, 0.05) is 17.8 Å². The van der Waals surface area contributed by atoms with Gasteiger partial charge in [0.25, 0.3) is 0 Å². The SMILES string of the molecule is C=C[C@H](N)c1cc(F)c(F)cc1N. The van der Waals surface area contributed by atoms with Crippen molar-refractivity contribution < 1.29 is 8.78 Å². The molecule has 13 heavy (non-hydrogen) atoms. The first-order valence-corrected chi connectivity index (χ1v) is 3.68. The fraction of sp³-hybridized carbons (Fsp3) is 0.111. The fourth-order valence-electron chi connectivity index (χ4n) is 0.993. The normalized spacial score (nSPS) is 12.5. The zero-order chi connectivity index (χ0) is 10.0. The molecule has 0 aliphatic carbocycles. The first-order chi connectivity index (χ1) is 6.06. The Bertz CT molecular complexity index is 337. The van der Waals surface area contributed by atoms with Gasteiger partial charge in [-0.25, -0.2) is 8.78 Å². The number of nitrogens with two attached hydrogens (primary N) is 2. The van der Waals surface area contributed by atoms with Gasteiger partial charge in [0.1, 0.15) is 0 Å². The lowest BCUT2D eigenvalue weighted by atomic mass is 10.1. The highest BCUT2D eigenvalue weighted by atomic mass is 19.2. The average molecular weight is 184 g/mol. The second-order valence-electron chi connectivity index (χ2n) is 2.66. The number of benzene rings is 1. The van der Waals surface area contributed by atoms with Gasteiger partial charge in [0.05, 0.1) is 0 Å². The number of anilines is 1. The van der Waals surface area contributed by atoms with Crippen LogP contribution in [0.15, 0.2) is 24.8 Å². The minimum Gasteiger partial charge on any atom is -0.398 e. The maximum Gasteiger partial charge on any atom is 0.160 e. The highest BCUT2D eigenvalue weighted by molar-refractivity contribution is 5.50. The molecule has 2 nitrogen and oxygen atoms in total. The Labute approximate surface area is 74.8 Å². The Hall–Kier alpha value is -1.42. The van der Waals surface area contributed by atoms with Crippen LogP contribution in [0.1, 0.15) is 11.6 Å². The molecule has 0 radical (unpaired) electrons. The van der Waals surface area contributed by atoms with Crippen LogP contribution in [0.5, 0.6) is 0 Å². The van der Waals surface area contributed by atoms with E-state index < -0.39 is 17.7 Å². The molecule has 0 saturated carbocycles. The first-order valence-electron chi connectivity index (χ1n) is 3.68. The molecule has 1 rings (SSSR count). The van der Waals surface area contributed by atoms with Crippen molar-refractivity contribution in [2.45, 2.75) is 6.04 Å². The summed E-state index contributed by atoms with van der Waals surface area (Å²) in [7, 11) is 0. The van der Waals surface area contributed by atoms with E-state index in [2.05, 4.69) is 6.58 Å². The minimum atomic E-state index is -0.975. The first kappa shape index (κ1) is 9.67. The molecular formula is C9H10F2N2. The molecule has 0 fully saturated rings. The van der Waals surface area contributed by atoms with Crippen molar-refractivity contribution in [1.82, 2.24) is 0 Å². The number of hydrogen-bond donors (Lipinski definition) is 2. The smallest absolute Gasteiger partial charge is 0.160 e. The Balaban J connectivity index is 3.22. The predicted octanol–water partition coefficient (Wildman–Crippen LogP) is 1.73. The summed E-state index contributed by atoms with van der Waals surface area (Å²) < 4.78 is 25.3. The number of nitrogen functional groups attached to an aromatic ring is 1. The third-order valence-electron chi connectivity index (χ3n) is 1.74. The monoisotopic (exact) mass is 184 g/mol. The molecule has 4 N–H and O–H groups in total. The number of halogens is 2. The zero-order valence-electron chi connectivity index (χ0n) is 6.93. The molecule has 0 heterocycles. The van der Waals surface area contributed by atoms with Crippen LogP contribution in [0, 0.1) is 11.6 Å². The van der Waals surface area contributed by atoms with Crippen molar-refractivity contribution in [1.29, 1.82) is 0 Å². The lowest BCUT2D eigenvalue weighted by Crippen LogP contribution is -2.10. The molecule has 0 saturated heterocycles. The fourth-order valence-corrected chi connectivity index (χ4v) is 0.993. The van der Waals surface area contributed by atoms with E-state index in [4.69, 9.17) is 11.5 Å². The molecule has 0 amide bonds. The summed E-state index contributed by atoms with van der Waals surface area (Å²) in [4.78, 5) is 0. The van der Waals surface area contributed by atoms with Crippen molar-refractivity contribution >= 4 is 5.69 Å². The molecular weight excluding hydrogens is 174 g/mol. The summed E-state index contributed by atoms with van der Waals surface area (Å²) in [5, 5.41) is 0. The minimum absolute atomic E-state index is 0.131. The topological polar surface area (TPSA) is 52.0 Å². The van der Waals surface area contributed by atoms with E-state index in [1.807, 2.05) is 0 Å². The third-order valence-corrected chi connectivity index (χ3v) is 1.74. The van der Waals surface area contributed by atoms with Crippen LogP contribution in [0.4, 0.5) is 14.5 Å². The highest BCUT2D eigenvalue weighted by Gasteiger charge is 2.10. The standard InChI is InChI=1S/C9H10F2N2/c1-2-8(12)5-3-6(10)7(11)4-9(5)13/h2-4,8H,1,12-13H2/t8-/m0/s1. The van der Waals surface area contributed by atoms with E-state index in [-0.39, 0.29) is 5.69 Å². The summed E-state index contributed by atoms with van der Waals surface area (Å²) in [5.74, 6) is -1.93. The molecule has 0 spiro atoms. The molecule has 1 aromatic carbocycles. The van der Waals surface area contributed by atoms with Crippen molar-refractivity contribution in [3.8, 4) is 0 Å². The quantitative estimate of drug-likeness (QED) is 0.543. The maximum atomic E-state index is 12.7. The molecule has 4 heteroatoms. The predicted molar refractivity (Wildman–Crippen MR) is 47.9 cm³/mol. The van der Waals surface area contributed by atoms with Gasteiger partial charge in [-0.1, -0.05) is 6.08 Å². The van der Waals surface area contributed by atoms with Crippen LogP contribution in [-0.2, 0) is 0 Å². The van der Waals surface area contributed by atoms with E-state index in [9.17, 15) is 8.78 Å². The zero-order valence-corrected chi connectivity index (χ0v) is 6.93. The molecule has 1 aromatic rings. The van der Waals surface area contributed by atoms with E-state index >= 15 is 0 Å². The van der Waals surface area contributed by atoms with Gasteiger partial charge >= 0.3 is 0 Å². The van der Waals surface area contributed by atoms with Crippen molar-refractivity contribution in [3.63, 3.8) is 0 Å². The summed E-state index contributed by atoms with van der Waals surface area (Å²) in [5.41, 5.74) is 11.4. The van der Waals surface area contributed by atoms with Crippen LogP contribution in [-0.4, -0.2) is 0 Å². The van der Waals surface area contributed by atoms with Gasteiger partial charge in [0.2, 0.25) is 0 Å². The van der Waals surface area contributed by atoms with Crippen LogP contribution in [0.2, 0.25) is 0 Å². The largest absolute Gasteiger partial charge is 0.398 e. The molecule has 0 aliphatic rings. The summed E-state index contributed by atoms with van der Waals surface area (Å²) in [6.07, 6.45) is 1.41. The van der Waals surface area contributed by atoms with Crippen LogP contribution < -0.4 is 11.5 Å². The van der Waals surface area contributed by atoms with E-state index in [1.165, 1.54) is 6.08 Å². The summed E-state index contributed by atoms with van der Waals surface area (Å²) in [6.45, 7) is 3.43. The van der Waals surface area contributed by atoms with E-state index in [0.29, 0.717) is 5.56 Å². The lowest BCUT2D eigenvalue weighted by Gasteiger charge is -2.10. The van der Waals surface area contributed by atoms with Crippen molar-refractivity contribution in [2.75, 3.05) is 5.73 Å². The molecule has 70 valence electrons. The molecule has 0 aliphatic heterocycles. The van der Waals surface area contributed by atoms with Gasteiger partial charge in [-0.05, 0) is 11.6 Å². The Morgan fingerprint density at radius 2 is 1.85 bits per heavy atom. The average Bonchev–Trinajstić information content (AvgIpc) is 2.10. The van der Waals surface area contributed by atoms with Crippen LogP contribution in [0.3, 0.4) is 0 Å². The van der Waals surface area contributed by atoms with Gasteiger partial charge in [-0.15, -0.1) is 6.58 Å². The lowest BCUT2D eigenvalue weighted by molar-refractivity contribution is 0.507. The van der Waals surface area contributed by atoms with Gasteiger partial charge in [0.15, 0.2) is 11.6 Å². The molecule has 1 atom stereocenters. The summed E-state index contributed by atoms with van der Waals surface area (Å²) >= 11 is 0. The molecule has 0 aromatic heterocycles. The van der Waals surface area contributed by atoms with E-state index in [1.54, 1.807) is 0 Å². The van der Waals surface area contributed by atoms with Gasteiger partial charge in [-0.2, -0.15) is 0 Å². The number of rotatable bonds is 2. The second-order valence-corrected chi connectivity index (χ2v) is 2.66. The van der Waals surface area contributed by atoms with Crippen molar-refractivity contribution in [2.24, 2.45) is 5.73 Å². The molecule has 0 bridgehead atoms. The summed E-state index contributed by atoms with van der Waals surface area (Å²) in [6, 6.07) is 1.32. The van der Waals surface area contributed by atoms with E-state index in [0.717, 1.165) is 12.1 Å². The van der Waals surface area contributed by atoms with Crippen LogP contribution in [0.25, 0.3) is 0 Å². The van der Waals surface area contributed by atoms with Crippen molar-refractivity contribution in [3.05, 3.63) is 42.0 Å². The molecule has 0 unspecified atom stereocenters. The highest BCUT2D eigenvalue weighted by Crippen LogP contribution is 2.22. The third kappa shape index (κ3) is 1.84. The van der Waals surface area contributed by atoms with Gasteiger partial charge in [-0.3, -0.25) is 0 Å².